The summed E-state index contributed by atoms with van der Waals surface area (Å²) in [4.78, 5) is 10.8. The molecular formula is C13H20O3. The molecule has 3 heteroatoms. The van der Waals surface area contributed by atoms with Gasteiger partial charge in [0.05, 0.1) is 24.4 Å². The van der Waals surface area contributed by atoms with Crippen LogP contribution in [0.5, 0.6) is 0 Å². The van der Waals surface area contributed by atoms with E-state index in [4.69, 9.17) is 9.47 Å². The summed E-state index contributed by atoms with van der Waals surface area (Å²) in [5.41, 5.74) is -0.253. The molecule has 2 fully saturated rings. The van der Waals surface area contributed by atoms with E-state index < -0.39 is 0 Å². The fourth-order valence-corrected chi connectivity index (χ4v) is 2.48. The molecule has 0 aromatic heterocycles. The molecule has 1 aliphatic carbocycles. The first kappa shape index (κ1) is 11.8. The Bertz CT molecular complexity index is 298. The molecule has 0 radical (unpaired) electrons. The molecule has 1 saturated carbocycles. The minimum Gasteiger partial charge on any atom is -0.373 e. The minimum absolute atomic E-state index is 0.0825. The molecule has 0 aromatic rings. The summed E-state index contributed by atoms with van der Waals surface area (Å²) in [7, 11) is 0. The van der Waals surface area contributed by atoms with Gasteiger partial charge in [0, 0.05) is 0 Å². The van der Waals surface area contributed by atoms with Crippen LogP contribution in [0.1, 0.15) is 39.5 Å². The molecule has 1 heterocycles. The van der Waals surface area contributed by atoms with Crippen LogP contribution in [0, 0.1) is 0 Å². The highest BCUT2D eigenvalue weighted by atomic mass is 16.6. The van der Waals surface area contributed by atoms with E-state index in [1.807, 2.05) is 6.08 Å². The summed E-state index contributed by atoms with van der Waals surface area (Å²) in [5.74, 6) is 0.0825. The minimum atomic E-state index is -0.253. The molecule has 90 valence electrons. The fourth-order valence-electron chi connectivity index (χ4n) is 2.48. The highest BCUT2D eigenvalue weighted by molar-refractivity contribution is 5.87. The second kappa shape index (κ2) is 4.68. The van der Waals surface area contributed by atoms with E-state index in [2.05, 4.69) is 6.92 Å². The monoisotopic (exact) mass is 224 g/mol. The largest absolute Gasteiger partial charge is 0.373 e. The van der Waals surface area contributed by atoms with E-state index in [0.717, 1.165) is 19.3 Å². The number of allylic oxidation sites excluding steroid dienone is 1. The van der Waals surface area contributed by atoms with E-state index in [1.165, 1.54) is 6.42 Å². The maximum atomic E-state index is 10.8. The molecule has 2 aliphatic rings. The average Bonchev–Trinajstić information content (AvgIpc) is 2.63. The van der Waals surface area contributed by atoms with Crippen molar-refractivity contribution in [3.8, 4) is 0 Å². The number of carbonyl (C=O) groups is 1. The predicted octanol–water partition coefficient (Wildman–Crippen LogP) is 2.25. The van der Waals surface area contributed by atoms with E-state index in [9.17, 15) is 4.79 Å². The van der Waals surface area contributed by atoms with Gasteiger partial charge in [-0.2, -0.15) is 0 Å². The highest BCUT2D eigenvalue weighted by Crippen LogP contribution is 2.35. The summed E-state index contributed by atoms with van der Waals surface area (Å²) in [6.45, 7) is 4.26. The number of ketones is 1. The third-order valence-electron chi connectivity index (χ3n) is 3.33. The molecule has 1 saturated heterocycles. The molecule has 16 heavy (non-hydrogen) atoms. The molecule has 0 unspecified atom stereocenters. The topological polar surface area (TPSA) is 35.5 Å². The van der Waals surface area contributed by atoms with Gasteiger partial charge in [0.15, 0.2) is 5.78 Å². The van der Waals surface area contributed by atoms with Crippen molar-refractivity contribution in [2.75, 3.05) is 6.61 Å². The lowest BCUT2D eigenvalue weighted by Crippen LogP contribution is -2.47. The molecule has 0 N–H and O–H groups in total. The predicted molar refractivity (Wildman–Crippen MR) is 61.3 cm³/mol. The van der Waals surface area contributed by atoms with Crippen LogP contribution < -0.4 is 0 Å². The standard InChI is InChI=1S/C13H20O3/c1-10(14)5-4-8-13(2)9-15-11-6-3-7-12(11)16-13/h4-5,11-12H,3,6-9H2,1-2H3/b5-4+/t11-,12-,13-/m1/s1. The maximum Gasteiger partial charge on any atom is 0.152 e. The van der Waals surface area contributed by atoms with Crippen molar-refractivity contribution in [1.29, 1.82) is 0 Å². The van der Waals surface area contributed by atoms with Crippen molar-refractivity contribution in [3.05, 3.63) is 12.2 Å². The number of hydrogen-bond donors (Lipinski definition) is 0. The summed E-state index contributed by atoms with van der Waals surface area (Å²) in [6.07, 6.45) is 8.26. The van der Waals surface area contributed by atoms with E-state index in [-0.39, 0.29) is 17.5 Å². The van der Waals surface area contributed by atoms with Gasteiger partial charge in [-0.05, 0) is 45.6 Å². The van der Waals surface area contributed by atoms with Crippen molar-refractivity contribution in [2.45, 2.75) is 57.3 Å². The van der Waals surface area contributed by atoms with Gasteiger partial charge in [-0.25, -0.2) is 0 Å². The lowest BCUT2D eigenvalue weighted by Gasteiger charge is -2.40. The quantitative estimate of drug-likeness (QED) is 0.690. The van der Waals surface area contributed by atoms with Gasteiger partial charge in [0.2, 0.25) is 0 Å². The van der Waals surface area contributed by atoms with Gasteiger partial charge < -0.3 is 9.47 Å². The van der Waals surface area contributed by atoms with Gasteiger partial charge in [-0.1, -0.05) is 6.08 Å². The molecular weight excluding hydrogens is 204 g/mol. The van der Waals surface area contributed by atoms with E-state index in [0.29, 0.717) is 12.7 Å². The molecule has 2 rings (SSSR count). The smallest absolute Gasteiger partial charge is 0.152 e. The number of ether oxygens (including phenoxy) is 2. The molecule has 0 aromatic carbocycles. The second-order valence-electron chi connectivity index (χ2n) is 5.10. The van der Waals surface area contributed by atoms with Crippen molar-refractivity contribution < 1.29 is 14.3 Å². The Balaban J connectivity index is 1.90. The van der Waals surface area contributed by atoms with Crippen molar-refractivity contribution >= 4 is 5.78 Å². The van der Waals surface area contributed by atoms with Crippen LogP contribution in [0.2, 0.25) is 0 Å². The summed E-state index contributed by atoms with van der Waals surface area (Å²) in [6, 6.07) is 0. The van der Waals surface area contributed by atoms with Crippen LogP contribution in [0.15, 0.2) is 12.2 Å². The van der Waals surface area contributed by atoms with Crippen LogP contribution >= 0.6 is 0 Å². The molecule has 3 nitrogen and oxygen atoms in total. The first-order valence-electron chi connectivity index (χ1n) is 6.06. The summed E-state index contributed by atoms with van der Waals surface area (Å²) < 4.78 is 11.9. The Labute approximate surface area is 96.8 Å². The Hall–Kier alpha value is -0.670. The highest BCUT2D eigenvalue weighted by Gasteiger charge is 2.41. The zero-order valence-corrected chi connectivity index (χ0v) is 10.1. The molecule has 0 spiro atoms. The number of hydrogen-bond acceptors (Lipinski definition) is 3. The summed E-state index contributed by atoms with van der Waals surface area (Å²) in [5, 5.41) is 0. The zero-order valence-electron chi connectivity index (χ0n) is 10.1. The Morgan fingerprint density at radius 1 is 1.44 bits per heavy atom. The number of fused-ring (bicyclic) bond motifs is 1. The molecule has 3 atom stereocenters. The first-order valence-corrected chi connectivity index (χ1v) is 6.06. The van der Waals surface area contributed by atoms with Gasteiger partial charge in [0.1, 0.15) is 0 Å². The SMILES string of the molecule is CC(=O)/C=C/C[C@]1(C)CO[C@@H]2CCC[C@H]2O1. The normalized spacial score (nSPS) is 38.9. The number of rotatable bonds is 3. The van der Waals surface area contributed by atoms with Crippen molar-refractivity contribution in [2.24, 2.45) is 0 Å². The third-order valence-corrected chi connectivity index (χ3v) is 3.33. The lowest BCUT2D eigenvalue weighted by atomic mass is 10.00. The summed E-state index contributed by atoms with van der Waals surface area (Å²) >= 11 is 0. The van der Waals surface area contributed by atoms with Crippen LogP contribution in [0.4, 0.5) is 0 Å². The lowest BCUT2D eigenvalue weighted by molar-refractivity contribution is -0.213. The molecule has 0 bridgehead atoms. The van der Waals surface area contributed by atoms with Crippen LogP contribution in [-0.4, -0.2) is 30.2 Å². The Morgan fingerprint density at radius 3 is 2.94 bits per heavy atom. The third kappa shape index (κ3) is 2.71. The van der Waals surface area contributed by atoms with Gasteiger partial charge in [-0.15, -0.1) is 0 Å². The van der Waals surface area contributed by atoms with Gasteiger partial charge in [0.25, 0.3) is 0 Å². The van der Waals surface area contributed by atoms with E-state index in [1.54, 1.807) is 13.0 Å². The first-order chi connectivity index (χ1) is 7.59. The van der Waals surface area contributed by atoms with Crippen molar-refractivity contribution in [3.63, 3.8) is 0 Å². The number of carbonyl (C=O) groups excluding carboxylic acids is 1. The molecule has 0 amide bonds. The fraction of sp³-hybridized carbons (Fsp3) is 0.769. The molecule has 1 aliphatic heterocycles. The maximum absolute atomic E-state index is 10.8. The van der Waals surface area contributed by atoms with Gasteiger partial charge >= 0.3 is 0 Å². The average molecular weight is 224 g/mol. The Morgan fingerprint density at radius 2 is 2.19 bits per heavy atom. The Kier molecular flexibility index (Phi) is 3.45. The zero-order chi connectivity index (χ0) is 11.6. The van der Waals surface area contributed by atoms with Crippen LogP contribution in [-0.2, 0) is 14.3 Å². The van der Waals surface area contributed by atoms with E-state index >= 15 is 0 Å². The van der Waals surface area contributed by atoms with Gasteiger partial charge in [-0.3, -0.25) is 4.79 Å². The van der Waals surface area contributed by atoms with Crippen molar-refractivity contribution in [1.82, 2.24) is 0 Å². The van der Waals surface area contributed by atoms with Crippen LogP contribution in [0.3, 0.4) is 0 Å². The van der Waals surface area contributed by atoms with Crippen LogP contribution in [0.25, 0.3) is 0 Å². The second-order valence-corrected chi connectivity index (χ2v) is 5.10.